The van der Waals surface area contributed by atoms with Crippen molar-refractivity contribution in [3.8, 4) is 0 Å². The Hall–Kier alpha value is -4.51. The highest BCUT2D eigenvalue weighted by molar-refractivity contribution is 8.00. The zero-order valence-corrected chi connectivity index (χ0v) is 30.9. The lowest BCUT2D eigenvalue weighted by Crippen LogP contribution is -2.70. The first-order valence-corrected chi connectivity index (χ1v) is 20.8. The molecular weight excluding hydrogens is 663 g/mol. The number of esters is 1. The van der Waals surface area contributed by atoms with Crippen molar-refractivity contribution >= 4 is 43.4 Å². The first kappa shape index (κ1) is 35.3. The number of carbonyl (C=O) groups is 3. The minimum absolute atomic E-state index is 0.0723. The van der Waals surface area contributed by atoms with E-state index in [0.717, 1.165) is 27.9 Å². The minimum atomic E-state index is -1.98. The van der Waals surface area contributed by atoms with Crippen LogP contribution in [-0.2, 0) is 36.6 Å². The highest BCUT2D eigenvalue weighted by Gasteiger charge is 2.54. The SMILES string of the molecule is CC(C)(C)[Si](C)(C)OCc1ccc(C2=C(C(=O)OC(c3ccccc3)c3ccccc3)N3C(=O)[C@@H](NC(=O)Cc4ccccc4)[C@H]3SC2)cn1. The van der Waals surface area contributed by atoms with Gasteiger partial charge in [-0.15, -0.1) is 11.8 Å². The summed E-state index contributed by atoms with van der Waals surface area (Å²) in [6.07, 6.45) is 1.20. The Bertz CT molecular complexity index is 1820. The average molecular weight is 706 g/mol. The number of aromatic nitrogens is 1. The molecule has 258 valence electrons. The Kier molecular flexibility index (Phi) is 10.4. The van der Waals surface area contributed by atoms with Crippen molar-refractivity contribution in [3.05, 3.63) is 143 Å². The summed E-state index contributed by atoms with van der Waals surface area (Å²) in [6, 6.07) is 31.6. The van der Waals surface area contributed by atoms with Gasteiger partial charge in [-0.3, -0.25) is 19.5 Å². The fourth-order valence-electron chi connectivity index (χ4n) is 5.74. The third-order valence-corrected chi connectivity index (χ3v) is 15.4. The second-order valence-electron chi connectivity index (χ2n) is 14.1. The molecule has 1 N–H and O–H groups in total. The lowest BCUT2D eigenvalue weighted by atomic mass is 9.98. The number of nitrogens with zero attached hydrogens (tertiary/aromatic N) is 2. The third kappa shape index (κ3) is 7.62. The summed E-state index contributed by atoms with van der Waals surface area (Å²) in [6.45, 7) is 11.4. The highest BCUT2D eigenvalue weighted by atomic mass is 32.2. The van der Waals surface area contributed by atoms with Crippen LogP contribution < -0.4 is 5.32 Å². The molecule has 3 aromatic carbocycles. The highest BCUT2D eigenvalue weighted by Crippen LogP contribution is 2.44. The number of ether oxygens (including phenoxy) is 1. The number of rotatable bonds is 11. The molecule has 2 aliphatic heterocycles. The summed E-state index contributed by atoms with van der Waals surface area (Å²) < 4.78 is 12.7. The van der Waals surface area contributed by atoms with Crippen molar-refractivity contribution in [2.45, 2.75) is 69.5 Å². The molecule has 4 aromatic rings. The number of carbonyl (C=O) groups excluding carboxylic acids is 3. The lowest BCUT2D eigenvalue weighted by Gasteiger charge is -2.50. The van der Waals surface area contributed by atoms with Gasteiger partial charge in [0.25, 0.3) is 5.91 Å². The monoisotopic (exact) mass is 705 g/mol. The van der Waals surface area contributed by atoms with Gasteiger partial charge in [-0.1, -0.05) is 118 Å². The van der Waals surface area contributed by atoms with E-state index < -0.39 is 31.8 Å². The van der Waals surface area contributed by atoms with Crippen molar-refractivity contribution < 1.29 is 23.5 Å². The Labute approximate surface area is 299 Å². The zero-order valence-electron chi connectivity index (χ0n) is 29.1. The van der Waals surface area contributed by atoms with Crippen LogP contribution >= 0.6 is 11.8 Å². The molecule has 0 radical (unpaired) electrons. The molecule has 6 rings (SSSR count). The molecule has 1 aromatic heterocycles. The second kappa shape index (κ2) is 14.8. The van der Waals surface area contributed by atoms with E-state index in [1.807, 2.05) is 103 Å². The molecule has 2 atom stereocenters. The molecule has 2 aliphatic rings. The first-order chi connectivity index (χ1) is 23.9. The van der Waals surface area contributed by atoms with E-state index in [4.69, 9.17) is 14.1 Å². The zero-order chi connectivity index (χ0) is 35.5. The predicted molar refractivity (Wildman–Crippen MR) is 199 cm³/mol. The van der Waals surface area contributed by atoms with Crippen molar-refractivity contribution in [1.29, 1.82) is 0 Å². The summed E-state index contributed by atoms with van der Waals surface area (Å²) in [5.74, 6) is -0.791. The maximum atomic E-state index is 14.4. The van der Waals surface area contributed by atoms with Gasteiger partial charge in [-0.2, -0.15) is 0 Å². The van der Waals surface area contributed by atoms with E-state index >= 15 is 0 Å². The van der Waals surface area contributed by atoms with Gasteiger partial charge >= 0.3 is 5.97 Å². The van der Waals surface area contributed by atoms with Crippen molar-refractivity contribution in [1.82, 2.24) is 15.2 Å². The molecule has 8 nitrogen and oxygen atoms in total. The molecule has 0 spiro atoms. The third-order valence-electron chi connectivity index (χ3n) is 9.68. The van der Waals surface area contributed by atoms with Crippen LogP contribution in [-0.4, -0.2) is 53.2 Å². The van der Waals surface area contributed by atoms with Crippen LogP contribution in [0.2, 0.25) is 18.1 Å². The smallest absolute Gasteiger partial charge is 0.356 e. The van der Waals surface area contributed by atoms with Crippen LogP contribution in [0.5, 0.6) is 0 Å². The lowest BCUT2D eigenvalue weighted by molar-refractivity contribution is -0.154. The molecule has 0 aliphatic carbocycles. The van der Waals surface area contributed by atoms with Crippen LogP contribution in [0, 0.1) is 0 Å². The molecule has 0 saturated carbocycles. The quantitative estimate of drug-likeness (QED) is 0.0995. The molecule has 10 heteroatoms. The van der Waals surface area contributed by atoms with E-state index in [1.54, 1.807) is 6.20 Å². The maximum Gasteiger partial charge on any atom is 0.356 e. The number of nitrogens with one attached hydrogen (secondary N) is 1. The first-order valence-electron chi connectivity index (χ1n) is 16.8. The van der Waals surface area contributed by atoms with E-state index in [9.17, 15) is 14.4 Å². The topological polar surface area (TPSA) is 97.8 Å². The number of pyridine rings is 1. The summed E-state index contributed by atoms with van der Waals surface area (Å²) in [7, 11) is -1.98. The van der Waals surface area contributed by atoms with Gasteiger partial charge < -0.3 is 14.5 Å². The molecular formula is C40H43N3O5SSi. The van der Waals surface area contributed by atoms with Crippen LogP contribution in [0.15, 0.2) is 115 Å². The summed E-state index contributed by atoms with van der Waals surface area (Å²) in [4.78, 5) is 47.4. The van der Waals surface area contributed by atoms with Gasteiger partial charge in [-0.25, -0.2) is 4.79 Å². The Morgan fingerprint density at radius 3 is 2.08 bits per heavy atom. The number of amides is 2. The van der Waals surface area contributed by atoms with Gasteiger partial charge in [0.2, 0.25) is 5.91 Å². The number of fused-ring (bicyclic) bond motifs is 1. The van der Waals surface area contributed by atoms with E-state index in [0.29, 0.717) is 17.9 Å². The number of β-lactam (4-membered cyclic amide) rings is 1. The molecule has 0 unspecified atom stereocenters. The molecule has 2 amide bonds. The van der Waals surface area contributed by atoms with E-state index in [-0.39, 0.29) is 29.0 Å². The van der Waals surface area contributed by atoms with Gasteiger partial charge in [0.1, 0.15) is 17.1 Å². The summed E-state index contributed by atoms with van der Waals surface area (Å²) >= 11 is 1.51. The Morgan fingerprint density at radius 1 is 0.920 bits per heavy atom. The molecule has 1 saturated heterocycles. The van der Waals surface area contributed by atoms with Crippen molar-refractivity contribution in [2.24, 2.45) is 0 Å². The Balaban J connectivity index is 1.30. The Morgan fingerprint density at radius 2 is 1.52 bits per heavy atom. The predicted octanol–water partition coefficient (Wildman–Crippen LogP) is 7.29. The van der Waals surface area contributed by atoms with E-state index in [2.05, 4.69) is 39.2 Å². The number of benzene rings is 3. The number of hydrogen-bond acceptors (Lipinski definition) is 7. The van der Waals surface area contributed by atoms with Crippen LogP contribution in [0.1, 0.15) is 54.8 Å². The molecule has 50 heavy (non-hydrogen) atoms. The largest absolute Gasteiger partial charge is 0.448 e. The fraction of sp³-hybridized carbons (Fsp3) is 0.300. The summed E-state index contributed by atoms with van der Waals surface area (Å²) in [5.41, 5.74) is 4.82. The van der Waals surface area contributed by atoms with Crippen LogP contribution in [0.3, 0.4) is 0 Å². The number of thioether (sulfide) groups is 1. The molecule has 1 fully saturated rings. The van der Waals surface area contributed by atoms with Gasteiger partial charge in [0.05, 0.1) is 18.7 Å². The van der Waals surface area contributed by atoms with Gasteiger partial charge in [0, 0.05) is 17.5 Å². The molecule has 3 heterocycles. The second-order valence-corrected chi connectivity index (χ2v) is 20.1. The molecule has 0 bridgehead atoms. The maximum absolute atomic E-state index is 14.4. The van der Waals surface area contributed by atoms with Crippen molar-refractivity contribution in [3.63, 3.8) is 0 Å². The van der Waals surface area contributed by atoms with Crippen LogP contribution in [0.4, 0.5) is 0 Å². The van der Waals surface area contributed by atoms with Crippen LogP contribution in [0.25, 0.3) is 5.57 Å². The standard InChI is InChI=1S/C40H43N3O5SSi/c1-40(2,3)50(4,5)47-25-31-22-21-30(24-41-31)32-26-49-38-34(42-33(44)23-27-15-9-6-10-16-27)37(45)43(38)35(32)39(46)48-36(28-17-11-7-12-18-28)29-19-13-8-14-20-29/h6-22,24,34,36,38H,23,25-26H2,1-5H3,(H,42,44)/t34-,38-/m1/s1. The normalized spacial score (nSPS) is 17.6. The fourth-order valence-corrected chi connectivity index (χ4v) is 8.06. The summed E-state index contributed by atoms with van der Waals surface area (Å²) in [5, 5.41) is 2.54. The van der Waals surface area contributed by atoms with E-state index in [1.165, 1.54) is 16.7 Å². The number of hydrogen-bond donors (Lipinski definition) is 1. The van der Waals surface area contributed by atoms with Gasteiger partial charge in [-0.05, 0) is 46.5 Å². The van der Waals surface area contributed by atoms with Crippen molar-refractivity contribution in [2.75, 3.05) is 5.75 Å². The minimum Gasteiger partial charge on any atom is -0.448 e. The van der Waals surface area contributed by atoms with Gasteiger partial charge in [0.15, 0.2) is 14.4 Å². The average Bonchev–Trinajstić information content (AvgIpc) is 3.12.